The van der Waals surface area contributed by atoms with Crippen LogP contribution in [0.15, 0.2) is 120 Å². The Balaban J connectivity index is 1.39. The molecule has 0 atom stereocenters. The molecule has 5 aromatic rings. The van der Waals surface area contributed by atoms with Gasteiger partial charge in [-0.1, -0.05) is 55.1 Å². The second-order valence-electron chi connectivity index (χ2n) is 7.94. The van der Waals surface area contributed by atoms with Gasteiger partial charge in [-0.25, -0.2) is 4.79 Å². The number of nitrogens with zero attached hydrogens (tertiary/aromatic N) is 1. The average molecular weight is 538 g/mol. The summed E-state index contributed by atoms with van der Waals surface area (Å²) in [4.78, 5) is 16.1. The molecule has 3 heterocycles. The van der Waals surface area contributed by atoms with E-state index in [0.29, 0.717) is 5.75 Å². The van der Waals surface area contributed by atoms with Crippen LogP contribution in [0.25, 0.3) is 17.7 Å². The van der Waals surface area contributed by atoms with E-state index in [4.69, 9.17) is 4.74 Å². The Morgan fingerprint density at radius 3 is 1.81 bits per heavy atom. The maximum absolute atomic E-state index is 11.3. The highest BCUT2D eigenvalue weighted by Crippen LogP contribution is 2.36. The first-order valence-corrected chi connectivity index (χ1v) is 14.2. The van der Waals surface area contributed by atoms with Crippen molar-refractivity contribution in [2.24, 2.45) is 0 Å². The Labute approximate surface area is 228 Å². The molecule has 0 aliphatic heterocycles. The predicted molar refractivity (Wildman–Crippen MR) is 160 cm³/mol. The van der Waals surface area contributed by atoms with Crippen LogP contribution in [-0.4, -0.2) is 5.97 Å². The van der Waals surface area contributed by atoms with E-state index in [1.54, 1.807) is 46.1 Å². The number of anilines is 2. The van der Waals surface area contributed by atoms with Crippen LogP contribution >= 0.6 is 34.0 Å². The van der Waals surface area contributed by atoms with Crippen LogP contribution in [0.4, 0.5) is 10.7 Å². The number of hydrogen-bond acceptors (Lipinski definition) is 6. The van der Waals surface area contributed by atoms with Gasteiger partial charge < -0.3 is 9.64 Å². The van der Waals surface area contributed by atoms with Gasteiger partial charge in [-0.3, -0.25) is 0 Å². The van der Waals surface area contributed by atoms with E-state index in [1.165, 1.54) is 15.3 Å². The average Bonchev–Trinajstić information content (AvgIpc) is 3.74. The van der Waals surface area contributed by atoms with Crippen molar-refractivity contribution in [1.29, 1.82) is 0 Å². The SMILES string of the molecule is C=CC(=O)Oc1ccc(C=Cc2ccc(N(C=C(c3cccs3)c3cccs3)c3cccs3)cc2)cc1. The third-order valence-electron chi connectivity index (χ3n) is 5.48. The van der Waals surface area contributed by atoms with Gasteiger partial charge in [-0.15, -0.1) is 34.0 Å². The second kappa shape index (κ2) is 11.8. The molecule has 0 N–H and O–H groups in total. The summed E-state index contributed by atoms with van der Waals surface area (Å²) < 4.78 is 5.13. The molecule has 0 unspecified atom stereocenters. The van der Waals surface area contributed by atoms with Crippen molar-refractivity contribution in [3.05, 3.63) is 141 Å². The molecule has 0 amide bonds. The van der Waals surface area contributed by atoms with Crippen LogP contribution in [0, 0.1) is 0 Å². The zero-order valence-corrected chi connectivity index (χ0v) is 22.3. The molecule has 0 bridgehead atoms. The van der Waals surface area contributed by atoms with Crippen molar-refractivity contribution in [2.45, 2.75) is 0 Å². The van der Waals surface area contributed by atoms with Gasteiger partial charge in [-0.2, -0.15) is 0 Å². The second-order valence-corrected chi connectivity index (χ2v) is 10.8. The van der Waals surface area contributed by atoms with Crippen molar-refractivity contribution < 1.29 is 9.53 Å². The summed E-state index contributed by atoms with van der Waals surface area (Å²) in [5.74, 6) is 0.0327. The molecule has 0 aliphatic carbocycles. The maximum Gasteiger partial charge on any atom is 0.335 e. The van der Waals surface area contributed by atoms with Crippen LogP contribution in [-0.2, 0) is 4.79 Å². The summed E-state index contributed by atoms with van der Waals surface area (Å²) in [6.45, 7) is 3.42. The lowest BCUT2D eigenvalue weighted by Crippen LogP contribution is -2.08. The molecule has 2 aromatic carbocycles. The fraction of sp³-hybridized carbons (Fsp3) is 0. The highest BCUT2D eigenvalue weighted by Gasteiger charge is 2.14. The van der Waals surface area contributed by atoms with E-state index in [1.807, 2.05) is 18.2 Å². The van der Waals surface area contributed by atoms with Gasteiger partial charge in [0.25, 0.3) is 0 Å². The number of carbonyl (C=O) groups excluding carboxylic acids is 1. The van der Waals surface area contributed by atoms with Gasteiger partial charge in [0.05, 0.1) is 5.00 Å². The lowest BCUT2D eigenvalue weighted by molar-refractivity contribution is -0.128. The summed E-state index contributed by atoms with van der Waals surface area (Å²) in [7, 11) is 0. The van der Waals surface area contributed by atoms with Gasteiger partial charge in [0, 0.05) is 33.3 Å². The maximum atomic E-state index is 11.3. The minimum atomic E-state index is -0.465. The molecular formula is C31H23NO2S3. The number of esters is 1. The highest BCUT2D eigenvalue weighted by atomic mass is 32.1. The van der Waals surface area contributed by atoms with E-state index < -0.39 is 5.97 Å². The van der Waals surface area contributed by atoms with Crippen molar-refractivity contribution in [3.63, 3.8) is 0 Å². The van der Waals surface area contributed by atoms with Crippen molar-refractivity contribution in [3.8, 4) is 5.75 Å². The number of rotatable bonds is 9. The van der Waals surface area contributed by atoms with Crippen LogP contribution in [0.3, 0.4) is 0 Å². The molecule has 0 radical (unpaired) electrons. The van der Waals surface area contributed by atoms with Gasteiger partial charge in [-0.05, 0) is 75.8 Å². The van der Waals surface area contributed by atoms with Crippen LogP contribution in [0.1, 0.15) is 20.9 Å². The topological polar surface area (TPSA) is 29.5 Å². The molecule has 182 valence electrons. The van der Waals surface area contributed by atoms with Gasteiger partial charge in [0.2, 0.25) is 0 Å². The zero-order chi connectivity index (χ0) is 25.5. The summed E-state index contributed by atoms with van der Waals surface area (Å²) in [5.41, 5.74) is 4.42. The predicted octanol–water partition coefficient (Wildman–Crippen LogP) is 9.36. The summed E-state index contributed by atoms with van der Waals surface area (Å²) >= 11 is 5.22. The molecule has 0 saturated heterocycles. The Bertz CT molecular complexity index is 1460. The molecular weight excluding hydrogens is 515 g/mol. The third kappa shape index (κ3) is 6.24. The Morgan fingerprint density at radius 2 is 1.30 bits per heavy atom. The molecule has 3 nitrogen and oxygen atoms in total. The first-order chi connectivity index (χ1) is 18.2. The summed E-state index contributed by atoms with van der Waals surface area (Å²) in [6, 6.07) is 28.7. The smallest absolute Gasteiger partial charge is 0.335 e. The largest absolute Gasteiger partial charge is 0.423 e. The van der Waals surface area contributed by atoms with Crippen LogP contribution < -0.4 is 9.64 Å². The van der Waals surface area contributed by atoms with Crippen molar-refractivity contribution in [1.82, 2.24) is 0 Å². The first kappa shape index (κ1) is 24.7. The van der Waals surface area contributed by atoms with Crippen molar-refractivity contribution in [2.75, 3.05) is 4.90 Å². The number of carbonyl (C=O) groups is 1. The Hall–Kier alpha value is -3.97. The molecule has 5 rings (SSSR count). The molecule has 0 fully saturated rings. The Kier molecular flexibility index (Phi) is 7.91. The van der Waals surface area contributed by atoms with E-state index in [2.05, 4.69) is 101 Å². The first-order valence-electron chi connectivity index (χ1n) is 11.5. The van der Waals surface area contributed by atoms with Crippen LogP contribution in [0.2, 0.25) is 0 Å². The third-order valence-corrected chi connectivity index (χ3v) is 8.15. The molecule has 37 heavy (non-hydrogen) atoms. The van der Waals surface area contributed by atoms with E-state index in [9.17, 15) is 4.79 Å². The lowest BCUT2D eigenvalue weighted by atomic mass is 10.1. The Morgan fingerprint density at radius 1 is 0.730 bits per heavy atom. The monoisotopic (exact) mass is 537 g/mol. The molecule has 6 heteroatoms. The molecule has 0 saturated carbocycles. The van der Waals surface area contributed by atoms with E-state index in [-0.39, 0.29) is 0 Å². The fourth-order valence-electron chi connectivity index (χ4n) is 3.66. The quantitative estimate of drug-likeness (QED) is 0.0812. The summed E-state index contributed by atoms with van der Waals surface area (Å²) in [6.07, 6.45) is 7.51. The highest BCUT2D eigenvalue weighted by molar-refractivity contribution is 7.14. The van der Waals surface area contributed by atoms with Gasteiger partial charge in [0.1, 0.15) is 5.75 Å². The standard InChI is InChI=1S/C31H23NO2S3/c1-2-31(33)34-26-17-13-24(14-18-26)10-9-23-11-15-25(16-12-23)32(30-8-5-21-37-30)22-27(28-6-3-19-35-28)29-7-4-20-36-29/h2-22H,1H2. The van der Waals surface area contributed by atoms with E-state index >= 15 is 0 Å². The number of benzene rings is 2. The minimum absolute atomic E-state index is 0.465. The molecule has 0 aliphatic rings. The molecule has 3 aromatic heterocycles. The molecule has 0 spiro atoms. The number of ether oxygens (including phenoxy) is 1. The van der Waals surface area contributed by atoms with Gasteiger partial charge >= 0.3 is 5.97 Å². The normalized spacial score (nSPS) is 10.8. The van der Waals surface area contributed by atoms with Gasteiger partial charge in [0.15, 0.2) is 0 Å². The summed E-state index contributed by atoms with van der Waals surface area (Å²) in [5, 5.41) is 7.50. The lowest BCUT2D eigenvalue weighted by Gasteiger charge is -2.21. The minimum Gasteiger partial charge on any atom is -0.423 e. The van der Waals surface area contributed by atoms with Crippen molar-refractivity contribution >= 4 is 68.4 Å². The fourth-order valence-corrected chi connectivity index (χ4v) is 5.95. The van der Waals surface area contributed by atoms with E-state index in [0.717, 1.165) is 27.9 Å². The van der Waals surface area contributed by atoms with Crippen LogP contribution in [0.5, 0.6) is 5.75 Å². The number of thiophene rings is 3. The number of hydrogen-bond donors (Lipinski definition) is 0. The zero-order valence-electron chi connectivity index (χ0n) is 19.8.